The van der Waals surface area contributed by atoms with Crippen LogP contribution in [0.4, 0.5) is 0 Å². The summed E-state index contributed by atoms with van der Waals surface area (Å²) in [4.78, 5) is 4.34. The Kier molecular flexibility index (Phi) is 3.76. The molecule has 1 aliphatic heterocycles. The Labute approximate surface area is 121 Å². The predicted molar refractivity (Wildman–Crippen MR) is 77.0 cm³/mol. The molecule has 2 heterocycles. The van der Waals surface area contributed by atoms with E-state index in [0.29, 0.717) is 10.4 Å². The van der Waals surface area contributed by atoms with Crippen molar-refractivity contribution in [3.05, 3.63) is 18.0 Å². The van der Waals surface area contributed by atoms with Crippen molar-refractivity contribution in [1.29, 1.82) is 5.26 Å². The van der Waals surface area contributed by atoms with E-state index in [-0.39, 0.29) is 5.69 Å². The molecule has 0 aromatic carbocycles. The Morgan fingerprint density at radius 2 is 1.85 bits per heavy atom. The molecular weight excluding hydrogens is 275 g/mol. The largest absolute Gasteiger partial charge is 0.496 e. The van der Waals surface area contributed by atoms with Crippen LogP contribution >= 0.6 is 0 Å². The second-order valence-electron chi connectivity index (χ2n) is 5.73. The summed E-state index contributed by atoms with van der Waals surface area (Å²) >= 11 is 0. The molecule has 0 amide bonds. The van der Waals surface area contributed by atoms with E-state index in [1.54, 1.807) is 6.07 Å². The topological polar surface area (TPSA) is 72.2 Å². The van der Waals surface area contributed by atoms with Crippen LogP contribution in [0.1, 0.15) is 33.4 Å². The number of hydrogen-bond acceptors (Lipinski definition) is 5. The van der Waals surface area contributed by atoms with Crippen molar-refractivity contribution >= 4 is 23.4 Å². The summed E-state index contributed by atoms with van der Waals surface area (Å²) in [6.45, 7) is 7.79. The molecule has 0 N–H and O–H groups in total. The van der Waals surface area contributed by atoms with Gasteiger partial charge >= 0.3 is 7.12 Å². The molecule has 1 aliphatic rings. The monoisotopic (exact) mass is 292 g/mol. The van der Waals surface area contributed by atoms with Gasteiger partial charge in [-0.3, -0.25) is 4.21 Å². The minimum atomic E-state index is -1.34. The molecule has 1 fully saturated rings. The van der Waals surface area contributed by atoms with E-state index in [0.717, 1.165) is 0 Å². The quantitative estimate of drug-likeness (QED) is 0.760. The highest BCUT2D eigenvalue weighted by molar-refractivity contribution is 7.84. The molecule has 1 saturated heterocycles. The van der Waals surface area contributed by atoms with Crippen LogP contribution < -0.4 is 5.46 Å². The molecule has 1 unspecified atom stereocenters. The molecule has 5 nitrogen and oxygen atoms in total. The van der Waals surface area contributed by atoms with Crippen LogP contribution in [0.15, 0.2) is 17.2 Å². The second-order valence-corrected chi connectivity index (χ2v) is 7.05. The lowest BCUT2D eigenvalue weighted by atomic mass is 9.79. The maximum Gasteiger partial charge on any atom is 0.496 e. The van der Waals surface area contributed by atoms with Crippen LogP contribution in [0.5, 0.6) is 0 Å². The molecule has 20 heavy (non-hydrogen) atoms. The first kappa shape index (κ1) is 15.2. The smallest absolute Gasteiger partial charge is 0.399 e. The summed E-state index contributed by atoms with van der Waals surface area (Å²) in [7, 11) is -1.99. The summed E-state index contributed by atoms with van der Waals surface area (Å²) in [5.74, 6) is 0. The van der Waals surface area contributed by atoms with Gasteiger partial charge in [-0.05, 0) is 33.8 Å². The number of nitriles is 1. The minimum Gasteiger partial charge on any atom is -0.399 e. The fourth-order valence-corrected chi connectivity index (χ4v) is 2.87. The molecule has 0 bridgehead atoms. The highest BCUT2D eigenvalue weighted by atomic mass is 32.2. The van der Waals surface area contributed by atoms with E-state index in [1.807, 2.05) is 33.8 Å². The molecule has 7 heteroatoms. The Morgan fingerprint density at radius 1 is 1.30 bits per heavy atom. The molecule has 2 rings (SSSR count). The summed E-state index contributed by atoms with van der Waals surface area (Å²) in [5, 5.41) is 9.11. The van der Waals surface area contributed by atoms with Crippen molar-refractivity contribution in [3.63, 3.8) is 0 Å². The third-order valence-corrected chi connectivity index (χ3v) is 4.84. The molecular formula is C13H17BN2O3S. The number of hydrogen-bond donors (Lipinski definition) is 0. The van der Waals surface area contributed by atoms with E-state index < -0.39 is 29.1 Å². The van der Waals surface area contributed by atoms with Crippen molar-refractivity contribution < 1.29 is 13.5 Å². The van der Waals surface area contributed by atoms with E-state index in [2.05, 4.69) is 4.98 Å². The van der Waals surface area contributed by atoms with E-state index in [1.165, 1.54) is 12.5 Å². The molecule has 0 spiro atoms. The standard InChI is InChI=1S/C13H17BN2O3S/c1-12(2)13(3,4)19-14(18-12)9-6-7-16-10(8-15)11(9)20(5)17/h6-7H,1-5H3. The van der Waals surface area contributed by atoms with Gasteiger partial charge in [0.2, 0.25) is 0 Å². The first-order valence-electron chi connectivity index (χ1n) is 6.27. The number of nitrogens with zero attached hydrogens (tertiary/aromatic N) is 2. The lowest BCUT2D eigenvalue weighted by molar-refractivity contribution is 0.00578. The van der Waals surface area contributed by atoms with Gasteiger partial charge in [0.1, 0.15) is 6.07 Å². The number of pyridine rings is 1. The van der Waals surface area contributed by atoms with Gasteiger partial charge in [-0.1, -0.05) is 0 Å². The van der Waals surface area contributed by atoms with Gasteiger partial charge in [-0.2, -0.15) is 5.26 Å². The van der Waals surface area contributed by atoms with Crippen LogP contribution in [0.3, 0.4) is 0 Å². The van der Waals surface area contributed by atoms with Crippen LogP contribution in [0, 0.1) is 11.3 Å². The maximum absolute atomic E-state index is 11.9. The Hall–Kier alpha value is -1.23. The Bertz CT molecular complexity index is 594. The van der Waals surface area contributed by atoms with Gasteiger partial charge in [0, 0.05) is 17.9 Å². The first-order chi connectivity index (χ1) is 9.19. The molecule has 1 aromatic heterocycles. The van der Waals surface area contributed by atoms with Gasteiger partial charge < -0.3 is 9.31 Å². The lowest BCUT2D eigenvalue weighted by Gasteiger charge is -2.32. The van der Waals surface area contributed by atoms with Crippen LogP contribution in [0.25, 0.3) is 0 Å². The molecule has 0 saturated carbocycles. The van der Waals surface area contributed by atoms with Crippen molar-refractivity contribution in [2.45, 2.75) is 43.8 Å². The first-order valence-corrected chi connectivity index (χ1v) is 7.83. The van der Waals surface area contributed by atoms with Gasteiger partial charge in [0.05, 0.1) is 26.9 Å². The molecule has 0 radical (unpaired) electrons. The highest BCUT2D eigenvalue weighted by Gasteiger charge is 2.52. The highest BCUT2D eigenvalue weighted by Crippen LogP contribution is 2.36. The summed E-state index contributed by atoms with van der Waals surface area (Å²) in [6.07, 6.45) is 3.03. The molecule has 1 aromatic rings. The number of aromatic nitrogens is 1. The third-order valence-electron chi connectivity index (χ3n) is 3.84. The number of rotatable bonds is 2. The van der Waals surface area contributed by atoms with Crippen LogP contribution in [-0.2, 0) is 20.1 Å². The van der Waals surface area contributed by atoms with Crippen molar-refractivity contribution in [2.75, 3.05) is 6.26 Å². The van der Waals surface area contributed by atoms with E-state index >= 15 is 0 Å². The van der Waals surface area contributed by atoms with E-state index in [9.17, 15) is 4.21 Å². The lowest BCUT2D eigenvalue weighted by Crippen LogP contribution is -2.41. The average molecular weight is 292 g/mol. The summed E-state index contributed by atoms with van der Waals surface area (Å²) < 4.78 is 23.8. The summed E-state index contributed by atoms with van der Waals surface area (Å²) in [5.41, 5.74) is -0.213. The molecule has 1 atom stereocenters. The summed E-state index contributed by atoms with van der Waals surface area (Å²) in [6, 6.07) is 3.66. The van der Waals surface area contributed by atoms with Crippen molar-refractivity contribution in [1.82, 2.24) is 4.98 Å². The second kappa shape index (κ2) is 4.95. The molecule has 0 aliphatic carbocycles. The maximum atomic E-state index is 11.9. The SMILES string of the molecule is CS(=O)c1c(B2OC(C)(C)C(C)(C)O2)ccnc1C#N. The van der Waals surface area contributed by atoms with Gasteiger partial charge in [0.25, 0.3) is 0 Å². The zero-order chi connectivity index (χ0) is 15.1. The van der Waals surface area contributed by atoms with Gasteiger partial charge in [0.15, 0.2) is 5.69 Å². The zero-order valence-electron chi connectivity index (χ0n) is 12.3. The fourth-order valence-electron chi connectivity index (χ4n) is 2.00. The van der Waals surface area contributed by atoms with Crippen LogP contribution in [-0.4, -0.2) is 33.8 Å². The third kappa shape index (κ3) is 2.39. The van der Waals surface area contributed by atoms with Gasteiger partial charge in [-0.15, -0.1) is 0 Å². The Morgan fingerprint density at radius 3 is 2.30 bits per heavy atom. The van der Waals surface area contributed by atoms with Crippen LogP contribution in [0.2, 0.25) is 0 Å². The predicted octanol–water partition coefficient (Wildman–Crippen LogP) is 0.990. The normalized spacial score (nSPS) is 21.5. The fraction of sp³-hybridized carbons (Fsp3) is 0.538. The average Bonchev–Trinajstić information content (AvgIpc) is 2.57. The van der Waals surface area contributed by atoms with Gasteiger partial charge in [-0.25, -0.2) is 4.98 Å². The van der Waals surface area contributed by atoms with Crippen molar-refractivity contribution in [3.8, 4) is 6.07 Å². The molecule has 106 valence electrons. The Balaban J connectivity index is 2.51. The van der Waals surface area contributed by atoms with E-state index in [4.69, 9.17) is 14.6 Å². The van der Waals surface area contributed by atoms with Crippen molar-refractivity contribution in [2.24, 2.45) is 0 Å². The zero-order valence-corrected chi connectivity index (χ0v) is 13.1. The minimum absolute atomic E-state index is 0.151.